The zero-order valence-electron chi connectivity index (χ0n) is 14.4. The van der Waals surface area contributed by atoms with Crippen LogP contribution in [0.25, 0.3) is 15.7 Å². The van der Waals surface area contributed by atoms with Crippen molar-refractivity contribution in [2.24, 2.45) is 11.8 Å². The van der Waals surface area contributed by atoms with Gasteiger partial charge in [-0.1, -0.05) is 12.1 Å². The average Bonchev–Trinajstić information content (AvgIpc) is 3.20. The highest BCUT2D eigenvalue weighted by atomic mass is 35.5. The normalized spacial score (nSPS) is 24.6. The number of thiophene rings is 1. The maximum absolute atomic E-state index is 2.39. The van der Waals surface area contributed by atoms with Gasteiger partial charge in [-0.2, -0.15) is 0 Å². The quantitative estimate of drug-likeness (QED) is 0.681. The van der Waals surface area contributed by atoms with Crippen LogP contribution in [0.15, 0.2) is 29.2 Å². The van der Waals surface area contributed by atoms with Gasteiger partial charge in [-0.25, -0.2) is 0 Å². The molecule has 1 nitrogen and oxygen atoms in total. The number of nitrogens with zero attached hydrogens (tertiary/aromatic N) is 1. The number of hydrogen-bond donors (Lipinski definition) is 0. The first kappa shape index (κ1) is 17.0. The van der Waals surface area contributed by atoms with E-state index in [4.69, 9.17) is 0 Å². The van der Waals surface area contributed by atoms with Crippen LogP contribution < -0.4 is 0 Å². The minimum atomic E-state index is 0. The maximum atomic E-state index is 2.39. The molecule has 1 aromatic carbocycles. The molecule has 2 bridgehead atoms. The minimum Gasteiger partial charge on any atom is -0.303 e. The van der Waals surface area contributed by atoms with Crippen molar-refractivity contribution in [1.82, 2.24) is 4.90 Å². The number of rotatable bonds is 3. The smallest absolute Gasteiger partial charge is 0.0351 e. The molecule has 0 radical (unpaired) electrons. The molecule has 2 aliphatic carbocycles. The molecule has 0 saturated heterocycles. The van der Waals surface area contributed by atoms with E-state index in [1.54, 1.807) is 11.1 Å². The molecule has 0 spiro atoms. The monoisotopic (exact) mass is 347 g/mol. The molecule has 3 heteroatoms. The Kier molecular flexibility index (Phi) is 4.61. The van der Waals surface area contributed by atoms with Gasteiger partial charge >= 0.3 is 0 Å². The minimum absolute atomic E-state index is 0. The number of halogens is 1. The summed E-state index contributed by atoms with van der Waals surface area (Å²) in [4.78, 5) is 2.39. The van der Waals surface area contributed by atoms with Crippen LogP contribution in [-0.2, 0) is 0 Å². The Hall–Kier alpha value is -0.830. The molecule has 1 heterocycles. The third kappa shape index (κ3) is 2.56. The lowest BCUT2D eigenvalue weighted by atomic mass is 9.82. The molecule has 1 aromatic heterocycles. The van der Waals surface area contributed by atoms with Crippen molar-refractivity contribution in [3.8, 4) is 0 Å². The lowest BCUT2D eigenvalue weighted by molar-refractivity contribution is 0.331. The molecule has 1 saturated carbocycles. The zero-order chi connectivity index (χ0) is 15.4. The molecule has 3 atom stereocenters. The number of fused-ring (bicyclic) bond motifs is 3. The second kappa shape index (κ2) is 6.23. The lowest BCUT2D eigenvalue weighted by Crippen LogP contribution is -2.29. The van der Waals surface area contributed by atoms with E-state index in [2.05, 4.69) is 56.4 Å². The first-order valence-electron chi connectivity index (χ1n) is 8.45. The van der Waals surface area contributed by atoms with E-state index in [9.17, 15) is 0 Å². The molecule has 3 unspecified atom stereocenters. The average molecular weight is 348 g/mol. The Morgan fingerprint density at radius 2 is 1.91 bits per heavy atom. The number of hydrogen-bond acceptors (Lipinski definition) is 2. The second-order valence-corrected chi connectivity index (χ2v) is 8.22. The van der Waals surface area contributed by atoms with Crippen molar-refractivity contribution in [1.29, 1.82) is 0 Å². The summed E-state index contributed by atoms with van der Waals surface area (Å²) < 4.78 is 1.45. The Morgan fingerprint density at radius 1 is 1.17 bits per heavy atom. The van der Waals surface area contributed by atoms with E-state index in [1.807, 2.05) is 11.3 Å². The Morgan fingerprint density at radius 3 is 2.65 bits per heavy atom. The number of aryl methyl sites for hydroxylation is 1. The van der Waals surface area contributed by atoms with Crippen molar-refractivity contribution in [2.45, 2.75) is 39.2 Å². The van der Waals surface area contributed by atoms with Crippen molar-refractivity contribution < 1.29 is 0 Å². The van der Waals surface area contributed by atoms with Gasteiger partial charge in [0, 0.05) is 16.1 Å². The van der Waals surface area contributed by atoms with E-state index in [1.165, 1.54) is 40.5 Å². The van der Waals surface area contributed by atoms with Gasteiger partial charge in [0.05, 0.1) is 0 Å². The molecule has 0 N–H and O–H groups in total. The van der Waals surface area contributed by atoms with Gasteiger partial charge in [-0.3, -0.25) is 0 Å². The molecule has 1 fully saturated rings. The van der Waals surface area contributed by atoms with Crippen LogP contribution in [0.2, 0.25) is 0 Å². The third-order valence-corrected chi connectivity index (χ3v) is 6.96. The fourth-order valence-corrected chi connectivity index (χ4v) is 5.64. The summed E-state index contributed by atoms with van der Waals surface area (Å²) in [6, 6.07) is 7.46. The predicted octanol–water partition coefficient (Wildman–Crippen LogP) is 5.77. The van der Waals surface area contributed by atoms with Crippen molar-refractivity contribution in [3.05, 3.63) is 40.3 Å². The topological polar surface area (TPSA) is 3.24 Å². The zero-order valence-corrected chi connectivity index (χ0v) is 16.1. The van der Waals surface area contributed by atoms with Gasteiger partial charge in [0.2, 0.25) is 0 Å². The molecule has 0 amide bonds. The van der Waals surface area contributed by atoms with Crippen LogP contribution in [0.5, 0.6) is 0 Å². The highest BCUT2D eigenvalue weighted by Crippen LogP contribution is 2.55. The van der Waals surface area contributed by atoms with Gasteiger partial charge in [0.15, 0.2) is 0 Å². The summed E-state index contributed by atoms with van der Waals surface area (Å²) in [6.07, 6.45) is 4.19. The SMILES string of the molecule is Cc1csc2cccc(C3=C(C(C)N(C)C)C4CCC3C4)c12.Cl. The predicted molar refractivity (Wildman–Crippen MR) is 105 cm³/mol. The molecule has 23 heavy (non-hydrogen) atoms. The summed E-state index contributed by atoms with van der Waals surface area (Å²) in [7, 11) is 4.44. The van der Waals surface area contributed by atoms with Crippen molar-refractivity contribution in [3.63, 3.8) is 0 Å². The summed E-state index contributed by atoms with van der Waals surface area (Å²) in [5.41, 5.74) is 6.42. The highest BCUT2D eigenvalue weighted by Gasteiger charge is 2.42. The molecule has 0 aliphatic heterocycles. The summed E-state index contributed by atoms with van der Waals surface area (Å²) >= 11 is 1.89. The van der Waals surface area contributed by atoms with Gasteiger partial charge in [0.1, 0.15) is 0 Å². The Labute approximate surface area is 149 Å². The highest BCUT2D eigenvalue weighted by molar-refractivity contribution is 7.17. The number of likely N-dealkylation sites (N-methyl/N-ethyl adjacent to an activating group) is 1. The standard InChI is InChI=1S/C20H25NS.ClH/c1-12-11-22-17-7-5-6-16(18(12)17)20-15-9-8-14(10-15)19(20)13(2)21(3)4;/h5-7,11,13-15H,8-10H2,1-4H3;1H. The van der Waals surface area contributed by atoms with E-state index < -0.39 is 0 Å². The van der Waals surface area contributed by atoms with Crippen LogP contribution in [0.3, 0.4) is 0 Å². The van der Waals surface area contributed by atoms with Crippen LogP contribution in [0.1, 0.15) is 37.3 Å². The first-order chi connectivity index (χ1) is 10.6. The largest absolute Gasteiger partial charge is 0.303 e. The van der Waals surface area contributed by atoms with E-state index >= 15 is 0 Å². The van der Waals surface area contributed by atoms with Gasteiger partial charge < -0.3 is 4.90 Å². The third-order valence-electron chi connectivity index (χ3n) is 5.89. The van der Waals surface area contributed by atoms with Gasteiger partial charge in [-0.05, 0) is 92.8 Å². The maximum Gasteiger partial charge on any atom is 0.0351 e. The lowest BCUT2D eigenvalue weighted by Gasteiger charge is -2.30. The summed E-state index contributed by atoms with van der Waals surface area (Å²) in [5, 5.41) is 3.83. The summed E-state index contributed by atoms with van der Waals surface area (Å²) in [6.45, 7) is 4.65. The van der Waals surface area contributed by atoms with E-state index in [0.717, 1.165) is 11.8 Å². The fourth-order valence-electron chi connectivity index (χ4n) is 4.67. The van der Waals surface area contributed by atoms with Crippen LogP contribution in [0, 0.1) is 18.8 Å². The molecular formula is C20H26ClNS. The molecule has 124 valence electrons. The molecule has 2 aromatic rings. The molecular weight excluding hydrogens is 322 g/mol. The fraction of sp³-hybridized carbons (Fsp3) is 0.500. The van der Waals surface area contributed by atoms with E-state index in [0.29, 0.717) is 6.04 Å². The molecule has 2 aliphatic rings. The van der Waals surface area contributed by atoms with Gasteiger partial charge in [0.25, 0.3) is 0 Å². The molecule has 4 rings (SSSR count). The Bertz CT molecular complexity index is 758. The van der Waals surface area contributed by atoms with Crippen LogP contribution in [0.4, 0.5) is 0 Å². The van der Waals surface area contributed by atoms with Crippen molar-refractivity contribution in [2.75, 3.05) is 14.1 Å². The van der Waals surface area contributed by atoms with E-state index in [-0.39, 0.29) is 12.4 Å². The van der Waals surface area contributed by atoms with Gasteiger partial charge in [-0.15, -0.1) is 23.7 Å². The number of benzene rings is 1. The van der Waals surface area contributed by atoms with Crippen LogP contribution >= 0.6 is 23.7 Å². The first-order valence-corrected chi connectivity index (χ1v) is 9.33. The van der Waals surface area contributed by atoms with Crippen LogP contribution in [-0.4, -0.2) is 25.0 Å². The number of allylic oxidation sites excluding steroid dienone is 1. The summed E-state index contributed by atoms with van der Waals surface area (Å²) in [5.74, 6) is 1.62. The second-order valence-electron chi connectivity index (χ2n) is 7.31. The van der Waals surface area contributed by atoms with Crippen molar-refractivity contribution >= 4 is 39.4 Å². The Balaban J connectivity index is 0.00000156.